The molecule has 1 atom stereocenters. The van der Waals surface area contributed by atoms with Gasteiger partial charge in [0.25, 0.3) is 0 Å². The van der Waals surface area contributed by atoms with E-state index >= 15 is 0 Å². The summed E-state index contributed by atoms with van der Waals surface area (Å²) in [5.41, 5.74) is -2.68. The predicted octanol–water partition coefficient (Wildman–Crippen LogP) is 4.49. The van der Waals surface area contributed by atoms with Gasteiger partial charge in [-0.25, -0.2) is 9.37 Å². The number of fused-ring (bicyclic) bond motifs is 1. The van der Waals surface area contributed by atoms with Crippen LogP contribution >= 0.6 is 11.3 Å². The summed E-state index contributed by atoms with van der Waals surface area (Å²) in [5, 5.41) is 9.02. The van der Waals surface area contributed by atoms with Crippen molar-refractivity contribution in [2.45, 2.75) is 25.9 Å². The first-order valence-corrected chi connectivity index (χ1v) is 7.66. The van der Waals surface area contributed by atoms with Crippen LogP contribution in [0.1, 0.15) is 28.7 Å². The highest BCUT2D eigenvalue weighted by Crippen LogP contribution is 2.49. The summed E-state index contributed by atoms with van der Waals surface area (Å²) in [6, 6.07) is 1.97. The second-order valence-corrected chi connectivity index (χ2v) is 6.71. The SMILES string of the molecule is C[C@]1(C(F)(F)F)CCc2nc(-c3ccc(O)c(F)c3F)sc2C1=O. The zero-order valence-electron chi connectivity index (χ0n) is 12.2. The highest BCUT2D eigenvalue weighted by atomic mass is 32.1. The van der Waals surface area contributed by atoms with Gasteiger partial charge in [-0.1, -0.05) is 0 Å². The number of thiazole rings is 1. The van der Waals surface area contributed by atoms with E-state index in [1.165, 1.54) is 0 Å². The number of nitrogens with zero attached hydrogens (tertiary/aromatic N) is 1. The monoisotopic (exact) mass is 363 g/mol. The summed E-state index contributed by atoms with van der Waals surface area (Å²) < 4.78 is 66.9. The molecule has 3 rings (SSSR count). The second-order valence-electron chi connectivity index (χ2n) is 5.71. The fraction of sp³-hybridized carbons (Fsp3) is 0.333. The van der Waals surface area contributed by atoms with Crippen molar-refractivity contribution in [3.05, 3.63) is 34.3 Å². The topological polar surface area (TPSA) is 50.2 Å². The van der Waals surface area contributed by atoms with E-state index in [-0.39, 0.29) is 27.6 Å². The molecule has 2 aromatic rings. The quantitative estimate of drug-likeness (QED) is 0.760. The number of aromatic nitrogens is 1. The number of halogens is 5. The van der Waals surface area contributed by atoms with E-state index < -0.39 is 41.2 Å². The largest absolute Gasteiger partial charge is 0.505 e. The van der Waals surface area contributed by atoms with Gasteiger partial charge >= 0.3 is 6.18 Å². The molecule has 0 unspecified atom stereocenters. The van der Waals surface area contributed by atoms with Crippen LogP contribution in [0.4, 0.5) is 22.0 Å². The number of ketones is 1. The number of rotatable bonds is 1. The van der Waals surface area contributed by atoms with Crippen LogP contribution < -0.4 is 0 Å². The van der Waals surface area contributed by atoms with Gasteiger partial charge in [-0.15, -0.1) is 11.3 Å². The zero-order chi connectivity index (χ0) is 17.9. The minimum absolute atomic E-state index is 0.0875. The molecule has 0 fully saturated rings. The lowest BCUT2D eigenvalue weighted by atomic mass is 9.75. The van der Waals surface area contributed by atoms with Gasteiger partial charge in [0.1, 0.15) is 10.4 Å². The smallest absolute Gasteiger partial charge is 0.401 e. The minimum Gasteiger partial charge on any atom is -0.505 e. The standard InChI is InChI=1S/C15H10F5NO2S/c1-14(15(18,19)20)5-4-7-11(12(14)23)24-13(21-7)6-2-3-8(22)10(17)9(6)16/h2-3,22H,4-5H2,1H3/t14-/m0/s1. The third kappa shape index (κ3) is 2.29. The van der Waals surface area contributed by atoms with Gasteiger partial charge in [0, 0.05) is 5.56 Å². The summed E-state index contributed by atoms with van der Waals surface area (Å²) >= 11 is 0.595. The number of aryl methyl sites for hydroxylation is 1. The van der Waals surface area contributed by atoms with Crippen molar-refractivity contribution in [1.29, 1.82) is 0 Å². The Labute approximate surface area is 136 Å². The minimum atomic E-state index is -4.71. The molecule has 0 aliphatic heterocycles. The van der Waals surface area contributed by atoms with Gasteiger partial charge in [-0.05, 0) is 31.9 Å². The lowest BCUT2D eigenvalue weighted by Crippen LogP contribution is -2.45. The summed E-state index contributed by atoms with van der Waals surface area (Å²) in [6.45, 7) is 0.832. The van der Waals surface area contributed by atoms with Crippen LogP contribution in [0.25, 0.3) is 10.6 Å². The normalized spacial score (nSPS) is 21.0. The van der Waals surface area contributed by atoms with E-state index in [4.69, 9.17) is 5.11 Å². The van der Waals surface area contributed by atoms with E-state index in [0.29, 0.717) is 11.3 Å². The number of phenolic OH excluding ortho intramolecular Hbond substituents is 1. The Kier molecular flexibility index (Phi) is 3.67. The molecular weight excluding hydrogens is 353 g/mol. The van der Waals surface area contributed by atoms with Crippen LogP contribution in [0.15, 0.2) is 12.1 Å². The Balaban J connectivity index is 2.09. The molecule has 1 aliphatic rings. The van der Waals surface area contributed by atoms with Gasteiger partial charge < -0.3 is 5.11 Å². The summed E-state index contributed by atoms with van der Waals surface area (Å²) in [4.78, 5) is 16.1. The Morgan fingerprint density at radius 1 is 1.25 bits per heavy atom. The predicted molar refractivity (Wildman–Crippen MR) is 75.9 cm³/mol. The van der Waals surface area contributed by atoms with Crippen molar-refractivity contribution < 1.29 is 31.9 Å². The summed E-state index contributed by atoms with van der Waals surface area (Å²) in [6.07, 6.45) is -5.24. The fourth-order valence-corrected chi connectivity index (χ4v) is 3.72. The number of alkyl halides is 3. The number of benzene rings is 1. The summed E-state index contributed by atoms with van der Waals surface area (Å²) in [5.74, 6) is -4.85. The van der Waals surface area contributed by atoms with Crippen molar-refractivity contribution in [1.82, 2.24) is 4.98 Å². The van der Waals surface area contributed by atoms with Crippen molar-refractivity contribution in [3.63, 3.8) is 0 Å². The van der Waals surface area contributed by atoms with E-state index in [9.17, 15) is 26.7 Å². The first-order chi connectivity index (χ1) is 11.1. The number of aromatic hydroxyl groups is 1. The van der Waals surface area contributed by atoms with Crippen LogP contribution in [-0.2, 0) is 6.42 Å². The van der Waals surface area contributed by atoms with Gasteiger partial charge in [-0.3, -0.25) is 4.79 Å². The van der Waals surface area contributed by atoms with Crippen molar-refractivity contribution in [2.24, 2.45) is 5.41 Å². The lowest BCUT2D eigenvalue weighted by molar-refractivity contribution is -0.200. The molecule has 0 bridgehead atoms. The van der Waals surface area contributed by atoms with E-state index in [2.05, 4.69) is 4.98 Å². The van der Waals surface area contributed by atoms with Crippen LogP contribution in [0.5, 0.6) is 5.75 Å². The average molecular weight is 363 g/mol. The molecule has 0 amide bonds. The third-order valence-corrected chi connectivity index (χ3v) is 5.31. The molecule has 1 heterocycles. The number of carbonyl (C=O) groups excluding carboxylic acids is 1. The Morgan fingerprint density at radius 2 is 1.92 bits per heavy atom. The molecule has 1 aliphatic carbocycles. The maximum absolute atomic E-state index is 13.9. The van der Waals surface area contributed by atoms with Crippen LogP contribution in [0.2, 0.25) is 0 Å². The second kappa shape index (κ2) is 5.23. The number of hydrogen-bond acceptors (Lipinski definition) is 4. The molecule has 1 N–H and O–H groups in total. The molecule has 24 heavy (non-hydrogen) atoms. The number of carbonyl (C=O) groups is 1. The zero-order valence-corrected chi connectivity index (χ0v) is 13.0. The van der Waals surface area contributed by atoms with E-state index in [0.717, 1.165) is 19.1 Å². The molecule has 9 heteroatoms. The first kappa shape index (κ1) is 16.8. The van der Waals surface area contributed by atoms with Crippen LogP contribution in [0.3, 0.4) is 0 Å². The average Bonchev–Trinajstić information content (AvgIpc) is 2.92. The fourth-order valence-electron chi connectivity index (χ4n) is 2.52. The molecule has 128 valence electrons. The van der Waals surface area contributed by atoms with Crippen molar-refractivity contribution >= 4 is 17.1 Å². The lowest BCUT2D eigenvalue weighted by Gasteiger charge is -2.32. The maximum Gasteiger partial charge on any atom is 0.401 e. The highest BCUT2D eigenvalue weighted by Gasteiger charge is 2.58. The molecular formula is C15H10F5NO2S. The first-order valence-electron chi connectivity index (χ1n) is 6.85. The highest BCUT2D eigenvalue weighted by molar-refractivity contribution is 7.17. The van der Waals surface area contributed by atoms with Crippen LogP contribution in [-0.4, -0.2) is 22.1 Å². The number of hydrogen-bond donors (Lipinski definition) is 1. The van der Waals surface area contributed by atoms with E-state index in [1.54, 1.807) is 0 Å². The molecule has 0 saturated heterocycles. The molecule has 0 spiro atoms. The Hall–Kier alpha value is -2.03. The molecule has 1 aromatic carbocycles. The maximum atomic E-state index is 13.9. The molecule has 0 saturated carbocycles. The molecule has 0 radical (unpaired) electrons. The molecule has 1 aromatic heterocycles. The van der Waals surface area contributed by atoms with Gasteiger partial charge in [-0.2, -0.15) is 17.6 Å². The van der Waals surface area contributed by atoms with Gasteiger partial charge in [0.05, 0.1) is 10.6 Å². The van der Waals surface area contributed by atoms with Crippen molar-refractivity contribution in [3.8, 4) is 16.3 Å². The third-order valence-electron chi connectivity index (χ3n) is 4.18. The van der Waals surface area contributed by atoms with Gasteiger partial charge in [0.15, 0.2) is 17.3 Å². The molecule has 3 nitrogen and oxygen atoms in total. The summed E-state index contributed by atoms with van der Waals surface area (Å²) in [7, 11) is 0. The van der Waals surface area contributed by atoms with Crippen LogP contribution in [0, 0.1) is 17.0 Å². The Morgan fingerprint density at radius 3 is 2.54 bits per heavy atom. The van der Waals surface area contributed by atoms with E-state index in [1.807, 2.05) is 0 Å². The van der Waals surface area contributed by atoms with Gasteiger partial charge in [0.2, 0.25) is 5.82 Å². The number of phenols is 1. The van der Waals surface area contributed by atoms with Crippen molar-refractivity contribution in [2.75, 3.05) is 0 Å². The number of Topliss-reactive ketones (excluding diaryl/α,β-unsaturated/α-hetero) is 1. The Bertz CT molecular complexity index is 845.